The van der Waals surface area contributed by atoms with E-state index in [0.29, 0.717) is 13.2 Å². The first-order valence-electron chi connectivity index (χ1n) is 7.58. The molecule has 5 heteroatoms. The Morgan fingerprint density at radius 1 is 1.24 bits per heavy atom. The number of hydrogen-bond donors (Lipinski definition) is 0. The topological polar surface area (TPSA) is 48.0 Å². The standard InChI is InChI=1S/C16H19NO4/c18-16-14-12(10-20-16)15(13-7-4-8-19-13)21-17(14)9-11-5-2-1-3-6-11/h1-3,5-6,12-15H,4,7-10H2/t12-,13+,14+,15-/m0/s1. The molecular formula is C16H19NO4. The second-order valence-corrected chi connectivity index (χ2v) is 5.92. The molecule has 3 heterocycles. The Balaban J connectivity index is 1.54. The lowest BCUT2D eigenvalue weighted by molar-refractivity contribution is -0.204. The zero-order valence-electron chi connectivity index (χ0n) is 11.8. The highest BCUT2D eigenvalue weighted by molar-refractivity contribution is 5.78. The smallest absolute Gasteiger partial charge is 0.326 e. The zero-order valence-corrected chi connectivity index (χ0v) is 11.8. The van der Waals surface area contributed by atoms with Gasteiger partial charge in [0, 0.05) is 6.61 Å². The molecule has 5 nitrogen and oxygen atoms in total. The van der Waals surface area contributed by atoms with Crippen LogP contribution < -0.4 is 0 Å². The lowest BCUT2D eigenvalue weighted by Gasteiger charge is -2.22. The van der Waals surface area contributed by atoms with Crippen LogP contribution in [0.2, 0.25) is 0 Å². The van der Waals surface area contributed by atoms with Crippen LogP contribution in [0.1, 0.15) is 18.4 Å². The molecule has 0 unspecified atom stereocenters. The maximum absolute atomic E-state index is 12.0. The third-order valence-electron chi connectivity index (χ3n) is 4.57. The highest BCUT2D eigenvalue weighted by Gasteiger charge is 2.55. The Morgan fingerprint density at radius 2 is 2.10 bits per heavy atom. The Labute approximate surface area is 123 Å². The van der Waals surface area contributed by atoms with Crippen LogP contribution >= 0.6 is 0 Å². The van der Waals surface area contributed by atoms with E-state index in [1.54, 1.807) is 5.06 Å². The summed E-state index contributed by atoms with van der Waals surface area (Å²) in [7, 11) is 0. The van der Waals surface area contributed by atoms with E-state index in [1.807, 2.05) is 30.3 Å². The minimum Gasteiger partial charge on any atom is -0.464 e. The third-order valence-corrected chi connectivity index (χ3v) is 4.57. The molecular weight excluding hydrogens is 270 g/mol. The fourth-order valence-corrected chi connectivity index (χ4v) is 3.54. The fourth-order valence-electron chi connectivity index (χ4n) is 3.54. The van der Waals surface area contributed by atoms with Gasteiger partial charge >= 0.3 is 5.97 Å². The van der Waals surface area contributed by atoms with Gasteiger partial charge in [0.15, 0.2) is 0 Å². The molecule has 1 aromatic rings. The Kier molecular flexibility index (Phi) is 3.41. The van der Waals surface area contributed by atoms with Crippen molar-refractivity contribution in [3.63, 3.8) is 0 Å². The van der Waals surface area contributed by atoms with E-state index >= 15 is 0 Å². The van der Waals surface area contributed by atoms with Crippen molar-refractivity contribution in [1.82, 2.24) is 5.06 Å². The lowest BCUT2D eigenvalue weighted by Crippen LogP contribution is -2.35. The summed E-state index contributed by atoms with van der Waals surface area (Å²) in [5, 5.41) is 1.79. The van der Waals surface area contributed by atoms with Crippen LogP contribution in [0.25, 0.3) is 0 Å². The predicted molar refractivity (Wildman–Crippen MR) is 74.1 cm³/mol. The van der Waals surface area contributed by atoms with Gasteiger partial charge in [0.05, 0.1) is 25.2 Å². The van der Waals surface area contributed by atoms with E-state index in [0.717, 1.165) is 25.0 Å². The molecule has 3 aliphatic rings. The number of ether oxygens (including phenoxy) is 2. The molecule has 0 amide bonds. The zero-order chi connectivity index (χ0) is 14.2. The molecule has 0 radical (unpaired) electrons. The van der Waals surface area contributed by atoms with Crippen molar-refractivity contribution in [1.29, 1.82) is 0 Å². The maximum Gasteiger partial charge on any atom is 0.326 e. The molecule has 0 saturated carbocycles. The molecule has 0 N–H and O–H groups in total. The first-order valence-corrected chi connectivity index (χ1v) is 7.58. The second kappa shape index (κ2) is 5.40. The largest absolute Gasteiger partial charge is 0.464 e. The average Bonchev–Trinajstić information content (AvgIpc) is 3.20. The summed E-state index contributed by atoms with van der Waals surface area (Å²) < 4.78 is 11.0. The summed E-state index contributed by atoms with van der Waals surface area (Å²) in [5.41, 5.74) is 1.13. The van der Waals surface area contributed by atoms with Gasteiger partial charge in [-0.1, -0.05) is 30.3 Å². The van der Waals surface area contributed by atoms with Gasteiger partial charge < -0.3 is 9.47 Å². The number of carbonyl (C=O) groups excluding carboxylic acids is 1. The van der Waals surface area contributed by atoms with E-state index in [-0.39, 0.29) is 30.1 Å². The number of rotatable bonds is 3. The number of hydroxylamine groups is 2. The summed E-state index contributed by atoms with van der Waals surface area (Å²) in [5.74, 6) is -0.0826. The van der Waals surface area contributed by atoms with E-state index < -0.39 is 0 Å². The van der Waals surface area contributed by atoms with Gasteiger partial charge in [-0.05, 0) is 18.4 Å². The molecule has 4 rings (SSSR count). The van der Waals surface area contributed by atoms with E-state index in [4.69, 9.17) is 14.3 Å². The Morgan fingerprint density at radius 3 is 2.86 bits per heavy atom. The van der Waals surface area contributed by atoms with Crippen LogP contribution in [0.15, 0.2) is 30.3 Å². The highest BCUT2D eigenvalue weighted by Crippen LogP contribution is 2.38. The number of hydrogen-bond acceptors (Lipinski definition) is 5. The van der Waals surface area contributed by atoms with Gasteiger partial charge in [0.2, 0.25) is 0 Å². The molecule has 3 saturated heterocycles. The summed E-state index contributed by atoms with van der Waals surface area (Å²) in [6.45, 7) is 1.83. The van der Waals surface area contributed by atoms with Gasteiger partial charge in [-0.15, -0.1) is 0 Å². The van der Waals surface area contributed by atoms with E-state index in [1.165, 1.54) is 0 Å². The number of benzene rings is 1. The van der Waals surface area contributed by atoms with Crippen molar-refractivity contribution in [2.24, 2.45) is 5.92 Å². The molecule has 1 aromatic carbocycles. The molecule has 0 bridgehead atoms. The average molecular weight is 289 g/mol. The Hall–Kier alpha value is -1.43. The van der Waals surface area contributed by atoms with Crippen molar-refractivity contribution in [2.75, 3.05) is 13.2 Å². The van der Waals surface area contributed by atoms with Crippen molar-refractivity contribution < 1.29 is 19.1 Å². The van der Waals surface area contributed by atoms with Crippen molar-refractivity contribution in [3.05, 3.63) is 35.9 Å². The second-order valence-electron chi connectivity index (χ2n) is 5.92. The molecule has 112 valence electrons. The van der Waals surface area contributed by atoms with E-state index in [2.05, 4.69) is 0 Å². The maximum atomic E-state index is 12.0. The number of carbonyl (C=O) groups is 1. The first kappa shape index (κ1) is 13.2. The van der Waals surface area contributed by atoms with Crippen LogP contribution in [-0.2, 0) is 25.7 Å². The third kappa shape index (κ3) is 2.35. The van der Waals surface area contributed by atoms with E-state index in [9.17, 15) is 4.79 Å². The van der Waals surface area contributed by atoms with Crippen LogP contribution in [0.5, 0.6) is 0 Å². The van der Waals surface area contributed by atoms with Crippen molar-refractivity contribution >= 4 is 5.97 Å². The fraction of sp³-hybridized carbons (Fsp3) is 0.562. The van der Waals surface area contributed by atoms with Gasteiger partial charge in [-0.25, -0.2) is 0 Å². The normalized spacial score (nSPS) is 35.9. The molecule has 4 atom stereocenters. The van der Waals surface area contributed by atoms with Crippen molar-refractivity contribution in [3.8, 4) is 0 Å². The summed E-state index contributed by atoms with van der Waals surface area (Å²) in [6.07, 6.45) is 2.09. The number of fused-ring (bicyclic) bond motifs is 1. The van der Waals surface area contributed by atoms with Crippen LogP contribution in [0, 0.1) is 5.92 Å². The number of cyclic esters (lactones) is 1. The molecule has 0 aromatic heterocycles. The highest BCUT2D eigenvalue weighted by atomic mass is 16.7. The quantitative estimate of drug-likeness (QED) is 0.790. The minimum atomic E-state index is -0.292. The minimum absolute atomic E-state index is 0.0623. The summed E-state index contributed by atoms with van der Waals surface area (Å²) in [6, 6.07) is 9.76. The van der Waals surface area contributed by atoms with Crippen molar-refractivity contribution in [2.45, 2.75) is 37.6 Å². The molecule has 3 fully saturated rings. The molecule has 0 spiro atoms. The number of nitrogens with zero attached hydrogens (tertiary/aromatic N) is 1. The first-order chi connectivity index (χ1) is 10.3. The predicted octanol–water partition coefficient (Wildman–Crippen LogP) is 1.52. The van der Waals surface area contributed by atoms with Gasteiger partial charge in [0.25, 0.3) is 0 Å². The van der Waals surface area contributed by atoms with Gasteiger partial charge in [-0.2, -0.15) is 5.06 Å². The summed E-state index contributed by atoms with van der Waals surface area (Å²) >= 11 is 0. The number of esters is 1. The molecule has 3 aliphatic heterocycles. The van der Waals surface area contributed by atoms with Crippen LogP contribution in [0.4, 0.5) is 0 Å². The van der Waals surface area contributed by atoms with Crippen LogP contribution in [0.3, 0.4) is 0 Å². The SMILES string of the molecule is O=C1OC[C@@H]2[C@@H]([C@H]3CCCO3)ON(Cc3ccccc3)[C@@H]12. The van der Waals surface area contributed by atoms with Gasteiger partial charge in [0.1, 0.15) is 12.1 Å². The molecule has 0 aliphatic carbocycles. The van der Waals surface area contributed by atoms with Gasteiger partial charge in [-0.3, -0.25) is 9.63 Å². The lowest BCUT2D eigenvalue weighted by atomic mass is 9.93. The van der Waals surface area contributed by atoms with Crippen LogP contribution in [-0.4, -0.2) is 42.5 Å². The molecule has 21 heavy (non-hydrogen) atoms. The summed E-state index contributed by atoms with van der Waals surface area (Å²) in [4.78, 5) is 18.1. The Bertz CT molecular complexity index is 514. The monoisotopic (exact) mass is 289 g/mol.